The van der Waals surface area contributed by atoms with Crippen LogP contribution in [0.2, 0.25) is 25.7 Å². The highest BCUT2D eigenvalue weighted by atomic mass is 28.4. The summed E-state index contributed by atoms with van der Waals surface area (Å²) >= 11 is 0. The van der Waals surface area contributed by atoms with Gasteiger partial charge in [0.1, 0.15) is 0 Å². The van der Waals surface area contributed by atoms with Crippen LogP contribution in [-0.2, 0) is 31.8 Å². The molecule has 0 aliphatic heterocycles. The molecule has 0 unspecified atom stereocenters. The average Bonchev–Trinajstić information content (AvgIpc) is 2.47. The Hall–Kier alpha value is -0.196. The van der Waals surface area contributed by atoms with Crippen molar-refractivity contribution in [3.05, 3.63) is 0 Å². The maximum atomic E-state index is 10.2. The monoisotopic (exact) mass is 544 g/mol. The molecule has 30 heavy (non-hydrogen) atoms. The summed E-state index contributed by atoms with van der Waals surface area (Å²) in [5, 5.41) is 0. The van der Waals surface area contributed by atoms with Crippen LogP contribution in [0.3, 0.4) is 0 Å². The molecule has 0 aliphatic carbocycles. The van der Waals surface area contributed by atoms with Crippen molar-refractivity contribution in [2.24, 2.45) is 0 Å². The minimum absolute atomic E-state index is 0. The standard InChI is InChI=1S/C3H10O5Si2.C3H10O2Si.C2H9NSi.5CH4.O2Si.2H2O.H2/c1-6-10(3,7-2)8-9(4)5;1-3-6(2,4)5;1-3-4-2;;;;;;1-3-2;;;/h4H,1-3H3;4-5H,3H2,1-2H3;3H,4H2,1-2H3;5*1H4;;2*1H2;1H/p+1/i;;;;;;;;;;;1+2. The zero-order chi connectivity index (χ0) is 19.5. The van der Waals surface area contributed by atoms with Crippen LogP contribution in [0, 0.1) is 0 Å². The fourth-order valence-electron chi connectivity index (χ4n) is 0.325. The quantitative estimate of drug-likeness (QED) is 0.253. The second kappa shape index (κ2) is 46.8. The van der Waals surface area contributed by atoms with Crippen LogP contribution in [0.15, 0.2) is 0 Å². The van der Waals surface area contributed by atoms with Gasteiger partial charge in [-0.2, -0.15) is 0 Å². The van der Waals surface area contributed by atoms with Gasteiger partial charge in [0.05, 0.1) is 9.68 Å². The van der Waals surface area contributed by atoms with Crippen LogP contribution >= 0.6 is 0 Å². The Labute approximate surface area is 194 Å². The van der Waals surface area contributed by atoms with Gasteiger partial charge >= 0.3 is 35.8 Å². The molecular weight excluding hydrogens is 487 g/mol. The first-order valence-corrected chi connectivity index (χ1v) is 15.6. The summed E-state index contributed by atoms with van der Waals surface area (Å²) in [5.74, 6) is 0. The lowest BCUT2D eigenvalue weighted by Crippen LogP contribution is -2.42. The smallest absolute Gasteiger partial charge is 0.512 e. The van der Waals surface area contributed by atoms with E-state index in [0.29, 0.717) is 6.04 Å². The Bertz CT molecular complexity index is 319. The summed E-state index contributed by atoms with van der Waals surface area (Å²) in [6, 6.07) is 0.521. The predicted octanol–water partition coefficient (Wildman–Crippen LogP) is -0.266. The Morgan fingerprint density at radius 3 is 1.30 bits per heavy atom. The third-order valence-corrected chi connectivity index (χ3v) is 7.75. The molecule has 17 heteroatoms. The van der Waals surface area contributed by atoms with E-state index in [1.165, 1.54) is 27.3 Å². The lowest BCUT2D eigenvalue weighted by atomic mass is 11.0. The van der Waals surface area contributed by atoms with Crippen LogP contribution in [0.5, 0.6) is 0 Å². The molecule has 0 bridgehead atoms. The van der Waals surface area contributed by atoms with Crippen LogP contribution < -0.4 is 4.98 Å². The minimum Gasteiger partial charge on any atom is -0.512 e. The van der Waals surface area contributed by atoms with Crippen molar-refractivity contribution in [1.29, 1.82) is 0 Å². The van der Waals surface area contributed by atoms with Gasteiger partial charge < -0.3 is 43.3 Å². The molecule has 9 N–H and O–H groups in total. The minimum atomic E-state index is -2.95. The third-order valence-electron chi connectivity index (χ3n) is 2.04. The fourth-order valence-corrected chi connectivity index (χ4v) is 2.43. The topological polar surface area (TPSA) is 216 Å². The number of hydrogen-bond acceptors (Lipinski definition) is 9. The molecule has 0 radical (unpaired) electrons. The predicted molar refractivity (Wildman–Crippen MR) is 137 cm³/mol. The van der Waals surface area contributed by atoms with Crippen LogP contribution in [0.1, 0.15) is 45.5 Å². The van der Waals surface area contributed by atoms with Gasteiger partial charge in [0.25, 0.3) is 0 Å². The van der Waals surface area contributed by atoms with Crippen molar-refractivity contribution in [2.75, 3.05) is 21.3 Å². The first-order chi connectivity index (χ1) is 10.4. The van der Waals surface area contributed by atoms with E-state index in [9.17, 15) is 4.46 Å². The van der Waals surface area contributed by atoms with Crippen LogP contribution in [0.25, 0.3) is 0 Å². The molecule has 0 saturated heterocycles. The summed E-state index contributed by atoms with van der Waals surface area (Å²) in [7, 11) is -4.86. The van der Waals surface area contributed by atoms with Crippen molar-refractivity contribution in [3.8, 4) is 0 Å². The lowest BCUT2D eigenvalue weighted by molar-refractivity contribution is 0.150. The first kappa shape index (κ1) is 69.9. The van der Waals surface area contributed by atoms with Gasteiger partial charge in [-0.3, -0.25) is 13.4 Å². The molecule has 12 nitrogen and oxygen atoms in total. The van der Waals surface area contributed by atoms with Gasteiger partial charge in [0.2, 0.25) is 0 Å². The first-order valence-electron chi connectivity index (χ1n) is 6.54. The van der Waals surface area contributed by atoms with Gasteiger partial charge in [-0.25, -0.2) is 0 Å². The van der Waals surface area contributed by atoms with E-state index in [1.807, 2.05) is 7.05 Å². The highest BCUT2D eigenvalue weighted by molar-refractivity contribution is 6.64. The molecule has 0 heterocycles. The van der Waals surface area contributed by atoms with E-state index in [4.69, 9.17) is 32.2 Å². The molecular formula is C13H56NO11Si5+. The second-order valence-corrected chi connectivity index (χ2v) is 12.6. The summed E-state index contributed by atoms with van der Waals surface area (Å²) in [5.41, 5.74) is 0. The van der Waals surface area contributed by atoms with Crippen LogP contribution in [-0.4, -0.2) is 86.6 Å². The van der Waals surface area contributed by atoms with Crippen molar-refractivity contribution in [1.82, 2.24) is 4.98 Å². The summed E-state index contributed by atoms with van der Waals surface area (Å²) in [4.78, 5) is 28.5. The molecule has 0 saturated carbocycles. The van der Waals surface area contributed by atoms with Gasteiger partial charge in [-0.1, -0.05) is 50.6 Å². The van der Waals surface area contributed by atoms with Gasteiger partial charge in [0, 0.05) is 22.2 Å². The van der Waals surface area contributed by atoms with Crippen molar-refractivity contribution < 1.29 is 53.1 Å². The van der Waals surface area contributed by atoms with E-state index in [1.54, 1.807) is 6.92 Å². The van der Waals surface area contributed by atoms with Crippen molar-refractivity contribution in [3.63, 3.8) is 0 Å². The second-order valence-electron chi connectivity index (χ2n) is 4.00. The molecule has 0 aliphatic rings. The van der Waals surface area contributed by atoms with E-state index >= 15 is 0 Å². The van der Waals surface area contributed by atoms with Gasteiger partial charge in [-0.05, 0) is 19.6 Å². The number of hydrogen-bond donors (Lipinski definition) is 4. The van der Waals surface area contributed by atoms with E-state index in [2.05, 4.69) is 15.6 Å². The van der Waals surface area contributed by atoms with E-state index in [0.717, 1.165) is 0 Å². The summed E-state index contributed by atoms with van der Waals surface area (Å²) in [6.45, 7) is 7.00. The molecule has 0 spiro atoms. The summed E-state index contributed by atoms with van der Waals surface area (Å²) in [6.07, 6.45) is 0. The van der Waals surface area contributed by atoms with E-state index in [-0.39, 0.29) is 59.2 Å². The molecule has 0 aromatic heterocycles. The van der Waals surface area contributed by atoms with Crippen molar-refractivity contribution in [2.45, 2.75) is 69.7 Å². The Morgan fingerprint density at radius 1 is 1.07 bits per heavy atom. The molecule has 0 aromatic carbocycles. The normalized spacial score (nSPS) is 7.77. The Balaban J connectivity index is -0.0000000154. The highest BCUT2D eigenvalue weighted by Crippen LogP contribution is 2.04. The zero-order valence-corrected chi connectivity index (χ0v) is 21.2. The molecule has 0 atom stereocenters. The lowest BCUT2D eigenvalue weighted by Gasteiger charge is -2.19. The van der Waals surface area contributed by atoms with Crippen molar-refractivity contribution >= 4 is 45.5 Å². The molecule has 0 rings (SSSR count). The molecule has 198 valence electrons. The Morgan fingerprint density at radius 2 is 1.27 bits per heavy atom. The molecule has 0 aromatic rings. The SMILES string of the molecule is C.C.C.C.C.CC[Si](C)(O)O.CN[SiH2]C.CO[Si](C)(OC)O[Si](=O)O.O.O=[Si]=O.[3HH].[OH3+]. The number of rotatable bonds is 6. The number of nitrogens with one attached hydrogen (secondary N) is 1. The van der Waals surface area contributed by atoms with Gasteiger partial charge in [-0.15, -0.1) is 0 Å². The largest absolute Gasteiger partial charge is 0.752 e. The fraction of sp³-hybridized carbons (Fsp3) is 1.00. The molecule has 0 amide bonds. The average molecular weight is 545 g/mol. The van der Waals surface area contributed by atoms with E-state index < -0.39 is 35.8 Å². The highest BCUT2D eigenvalue weighted by Gasteiger charge is 2.37. The zero-order valence-electron chi connectivity index (χ0n) is 15.8. The Kier molecular flexibility index (Phi) is 109. The maximum absolute atomic E-state index is 10.2. The molecule has 0 fully saturated rings. The maximum Gasteiger partial charge on any atom is 0.752 e. The summed E-state index contributed by atoms with van der Waals surface area (Å²) < 4.78 is 41.0. The third kappa shape index (κ3) is 91.1. The van der Waals surface area contributed by atoms with Gasteiger partial charge in [0.15, 0.2) is 0 Å². The van der Waals surface area contributed by atoms with Crippen LogP contribution in [0.4, 0.5) is 0 Å².